The first-order valence-electron chi connectivity index (χ1n) is 8.56. The summed E-state index contributed by atoms with van der Waals surface area (Å²) in [5.41, 5.74) is 0.189. The van der Waals surface area contributed by atoms with Crippen LogP contribution in [-0.2, 0) is 14.8 Å². The minimum atomic E-state index is -3.74. The van der Waals surface area contributed by atoms with Gasteiger partial charge in [0.05, 0.1) is 17.7 Å². The van der Waals surface area contributed by atoms with Crippen LogP contribution < -0.4 is 19.5 Å². The molecule has 2 N–H and O–H groups in total. The lowest BCUT2D eigenvalue weighted by atomic mass is 10.2. The maximum absolute atomic E-state index is 13.0. The van der Waals surface area contributed by atoms with Crippen LogP contribution in [0.25, 0.3) is 0 Å². The highest BCUT2D eigenvalue weighted by Gasteiger charge is 2.21. The number of anilines is 1. The molecule has 152 valence electrons. The van der Waals surface area contributed by atoms with E-state index in [0.29, 0.717) is 11.5 Å². The average Bonchev–Trinajstić information content (AvgIpc) is 2.62. The quantitative estimate of drug-likeness (QED) is 0.698. The molecular formula is C19H23FN2O5S. The number of halogens is 1. The Morgan fingerprint density at radius 2 is 1.71 bits per heavy atom. The summed E-state index contributed by atoms with van der Waals surface area (Å²) in [5, 5.41) is 2.60. The smallest absolute Gasteiger partial charge is 0.265 e. The Labute approximate surface area is 163 Å². The molecular weight excluding hydrogens is 387 g/mol. The van der Waals surface area contributed by atoms with Crippen LogP contribution in [0.4, 0.5) is 10.1 Å². The van der Waals surface area contributed by atoms with E-state index in [-0.39, 0.29) is 16.6 Å². The van der Waals surface area contributed by atoms with Gasteiger partial charge in [-0.3, -0.25) is 4.79 Å². The van der Waals surface area contributed by atoms with Crippen LogP contribution in [-0.4, -0.2) is 33.6 Å². The van der Waals surface area contributed by atoms with Gasteiger partial charge in [0.15, 0.2) is 6.10 Å². The van der Waals surface area contributed by atoms with Gasteiger partial charge in [0.1, 0.15) is 17.3 Å². The number of amides is 1. The van der Waals surface area contributed by atoms with Gasteiger partial charge in [-0.05, 0) is 63.2 Å². The summed E-state index contributed by atoms with van der Waals surface area (Å²) in [6.07, 6.45) is -0.913. The van der Waals surface area contributed by atoms with Crippen molar-refractivity contribution >= 4 is 21.6 Å². The highest BCUT2D eigenvalue weighted by molar-refractivity contribution is 7.89. The molecule has 0 aliphatic heterocycles. The SMILES string of the molecule is COc1ccc(S(=O)(=O)NC(C)C)cc1NC(=O)[C@H](C)Oc1ccc(F)cc1. The van der Waals surface area contributed by atoms with Crippen LogP contribution >= 0.6 is 0 Å². The van der Waals surface area contributed by atoms with E-state index in [4.69, 9.17) is 9.47 Å². The maximum atomic E-state index is 13.0. The number of hydrogen-bond donors (Lipinski definition) is 2. The van der Waals surface area contributed by atoms with Crippen molar-refractivity contribution in [1.29, 1.82) is 0 Å². The summed E-state index contributed by atoms with van der Waals surface area (Å²) in [4.78, 5) is 12.5. The van der Waals surface area contributed by atoms with Crippen molar-refractivity contribution in [3.8, 4) is 11.5 Å². The number of hydrogen-bond acceptors (Lipinski definition) is 5. The molecule has 1 atom stereocenters. The van der Waals surface area contributed by atoms with Crippen LogP contribution in [0.15, 0.2) is 47.4 Å². The Kier molecular flexibility index (Phi) is 6.98. The molecule has 0 bridgehead atoms. The summed E-state index contributed by atoms with van der Waals surface area (Å²) < 4.78 is 50.8. The Balaban J connectivity index is 2.20. The predicted octanol–water partition coefficient (Wildman–Crippen LogP) is 2.93. The molecule has 28 heavy (non-hydrogen) atoms. The second-order valence-corrected chi connectivity index (χ2v) is 8.06. The molecule has 2 aromatic carbocycles. The van der Waals surface area contributed by atoms with Gasteiger partial charge in [-0.15, -0.1) is 0 Å². The van der Waals surface area contributed by atoms with Crippen LogP contribution in [0.3, 0.4) is 0 Å². The van der Waals surface area contributed by atoms with E-state index in [1.165, 1.54) is 56.5 Å². The molecule has 0 aromatic heterocycles. The average molecular weight is 410 g/mol. The molecule has 0 unspecified atom stereocenters. The van der Waals surface area contributed by atoms with Crippen molar-refractivity contribution in [2.45, 2.75) is 37.8 Å². The molecule has 0 heterocycles. The number of rotatable bonds is 8. The first kappa shape index (κ1) is 21.6. The summed E-state index contributed by atoms with van der Waals surface area (Å²) in [7, 11) is -2.33. The minimum Gasteiger partial charge on any atom is -0.495 e. The molecule has 0 fully saturated rings. The standard InChI is InChI=1S/C19H23FN2O5S/c1-12(2)22-28(24,25)16-9-10-18(26-4)17(11-16)21-19(23)13(3)27-15-7-5-14(20)6-8-15/h5-13,22H,1-4H3,(H,21,23)/t13-/m0/s1. The van der Waals surface area contributed by atoms with Crippen LogP contribution in [0.5, 0.6) is 11.5 Å². The number of benzene rings is 2. The number of nitrogens with one attached hydrogen (secondary N) is 2. The molecule has 0 radical (unpaired) electrons. The number of carbonyl (C=O) groups excluding carboxylic acids is 1. The Hall–Kier alpha value is -2.65. The van der Waals surface area contributed by atoms with Gasteiger partial charge >= 0.3 is 0 Å². The molecule has 2 rings (SSSR count). The molecule has 2 aromatic rings. The fraction of sp³-hybridized carbons (Fsp3) is 0.316. The largest absolute Gasteiger partial charge is 0.495 e. The van der Waals surface area contributed by atoms with Gasteiger partial charge in [-0.2, -0.15) is 0 Å². The highest BCUT2D eigenvalue weighted by atomic mass is 32.2. The van der Waals surface area contributed by atoms with Gasteiger partial charge in [-0.1, -0.05) is 0 Å². The van der Waals surface area contributed by atoms with Gasteiger partial charge in [0.2, 0.25) is 10.0 Å². The first-order valence-corrected chi connectivity index (χ1v) is 10.0. The number of carbonyl (C=O) groups is 1. The lowest BCUT2D eigenvalue weighted by molar-refractivity contribution is -0.122. The molecule has 0 aliphatic carbocycles. The molecule has 1 amide bonds. The van der Waals surface area contributed by atoms with Crippen molar-refractivity contribution in [2.24, 2.45) is 0 Å². The van der Waals surface area contributed by atoms with Crippen molar-refractivity contribution < 1.29 is 27.1 Å². The zero-order chi connectivity index (χ0) is 20.9. The van der Waals surface area contributed by atoms with E-state index < -0.39 is 27.9 Å². The van der Waals surface area contributed by atoms with E-state index in [0.717, 1.165) is 0 Å². The summed E-state index contributed by atoms with van der Waals surface area (Å²) in [6.45, 7) is 4.93. The molecule has 0 saturated carbocycles. The Bertz CT molecular complexity index is 930. The minimum absolute atomic E-state index is 0.00981. The van der Waals surface area contributed by atoms with E-state index in [2.05, 4.69) is 10.0 Å². The van der Waals surface area contributed by atoms with Gasteiger partial charge in [-0.25, -0.2) is 17.5 Å². The molecule has 0 saturated heterocycles. The molecule has 0 spiro atoms. The van der Waals surface area contributed by atoms with Gasteiger partial charge in [0.25, 0.3) is 5.91 Å². The normalized spacial score (nSPS) is 12.5. The van der Waals surface area contributed by atoms with E-state index >= 15 is 0 Å². The molecule has 9 heteroatoms. The topological polar surface area (TPSA) is 93.7 Å². The second-order valence-electron chi connectivity index (χ2n) is 6.34. The fourth-order valence-corrected chi connectivity index (χ4v) is 3.61. The van der Waals surface area contributed by atoms with E-state index in [9.17, 15) is 17.6 Å². The Morgan fingerprint density at radius 1 is 1.07 bits per heavy atom. The zero-order valence-corrected chi connectivity index (χ0v) is 16.8. The van der Waals surface area contributed by atoms with E-state index in [1.54, 1.807) is 13.8 Å². The number of methoxy groups -OCH3 is 1. The van der Waals surface area contributed by atoms with Crippen molar-refractivity contribution in [3.63, 3.8) is 0 Å². The third-order valence-electron chi connectivity index (χ3n) is 3.63. The lowest BCUT2D eigenvalue weighted by Crippen LogP contribution is -2.31. The summed E-state index contributed by atoms with van der Waals surface area (Å²) in [5.74, 6) is -0.310. The summed E-state index contributed by atoms with van der Waals surface area (Å²) in [6, 6.07) is 9.13. The lowest BCUT2D eigenvalue weighted by Gasteiger charge is -2.17. The third-order valence-corrected chi connectivity index (χ3v) is 5.28. The number of sulfonamides is 1. The van der Waals surface area contributed by atoms with Gasteiger partial charge < -0.3 is 14.8 Å². The van der Waals surface area contributed by atoms with Crippen LogP contribution in [0, 0.1) is 5.82 Å². The van der Waals surface area contributed by atoms with Gasteiger partial charge in [0, 0.05) is 6.04 Å². The van der Waals surface area contributed by atoms with E-state index in [1.807, 2.05) is 0 Å². The Morgan fingerprint density at radius 3 is 2.29 bits per heavy atom. The fourth-order valence-electron chi connectivity index (χ4n) is 2.34. The molecule has 7 nitrogen and oxygen atoms in total. The second kappa shape index (κ2) is 9.03. The van der Waals surface area contributed by atoms with Crippen molar-refractivity contribution in [3.05, 3.63) is 48.3 Å². The van der Waals surface area contributed by atoms with Crippen molar-refractivity contribution in [1.82, 2.24) is 4.72 Å². The zero-order valence-electron chi connectivity index (χ0n) is 16.0. The third kappa shape index (κ3) is 5.67. The molecule has 0 aliphatic rings. The van der Waals surface area contributed by atoms with Crippen LogP contribution in [0.2, 0.25) is 0 Å². The maximum Gasteiger partial charge on any atom is 0.265 e. The summed E-state index contributed by atoms with van der Waals surface area (Å²) >= 11 is 0. The van der Waals surface area contributed by atoms with Crippen molar-refractivity contribution in [2.75, 3.05) is 12.4 Å². The number of ether oxygens (including phenoxy) is 2. The monoisotopic (exact) mass is 410 g/mol. The highest BCUT2D eigenvalue weighted by Crippen LogP contribution is 2.28. The van der Waals surface area contributed by atoms with Crippen LogP contribution in [0.1, 0.15) is 20.8 Å². The predicted molar refractivity (Wildman–Crippen MR) is 104 cm³/mol. The first-order chi connectivity index (χ1) is 13.1.